The maximum absolute atomic E-state index is 14.5. The minimum atomic E-state index is -1.20. The molecule has 0 bridgehead atoms. The summed E-state index contributed by atoms with van der Waals surface area (Å²) < 4.78 is 50.1. The number of anilines is 2. The van der Waals surface area contributed by atoms with Crippen LogP contribution in [0.15, 0.2) is 215 Å². The van der Waals surface area contributed by atoms with E-state index in [1.165, 1.54) is 52.3 Å². The molecule has 480 valence electrons. The Morgan fingerprint density at radius 3 is 1.35 bits per heavy atom. The number of carboxylic acid groups (broad SMARTS) is 1. The Labute approximate surface area is 546 Å². The van der Waals surface area contributed by atoms with Crippen LogP contribution in [0.2, 0.25) is 0 Å². The quantitative estimate of drug-likeness (QED) is 0.0474. The number of amides is 3. The number of benzene rings is 9. The highest BCUT2D eigenvalue weighted by atomic mass is 19.1. The zero-order valence-corrected chi connectivity index (χ0v) is 52.8. The highest BCUT2D eigenvalue weighted by Crippen LogP contribution is 2.30. The van der Waals surface area contributed by atoms with Gasteiger partial charge in [0.05, 0.1) is 13.5 Å². The summed E-state index contributed by atoms with van der Waals surface area (Å²) in [4.78, 5) is 75.4. The number of halogens is 2. The summed E-state index contributed by atoms with van der Waals surface area (Å²) in [6, 6.07) is 61.4. The van der Waals surface area contributed by atoms with Crippen LogP contribution in [0.5, 0.6) is 5.75 Å². The number of carbonyl (C=O) groups excluding carboxylic acids is 4. The molecular formula is C75H66F2N8O10. The molecule has 0 aliphatic carbocycles. The maximum atomic E-state index is 14.5. The predicted octanol–water partition coefficient (Wildman–Crippen LogP) is 14.5. The zero-order valence-electron chi connectivity index (χ0n) is 52.8. The Balaban J connectivity index is 0.000000211. The van der Waals surface area contributed by atoms with E-state index >= 15 is 0 Å². The van der Waals surface area contributed by atoms with E-state index < -0.39 is 59.5 Å². The van der Waals surface area contributed by atoms with Gasteiger partial charge >= 0.3 is 11.9 Å². The number of carboxylic acids is 1. The molecule has 0 spiro atoms. The number of nitrogens with one attached hydrogen (secondary N) is 1. The fraction of sp³-hybridized carbons (Fsp3) is 0.160. The van der Waals surface area contributed by atoms with Gasteiger partial charge in [-0.1, -0.05) is 143 Å². The van der Waals surface area contributed by atoms with Crippen molar-refractivity contribution >= 4 is 41.0 Å². The summed E-state index contributed by atoms with van der Waals surface area (Å²) in [6.07, 6.45) is -0.586. The molecule has 0 saturated carbocycles. The number of aliphatic carboxylic acids is 1. The Bertz CT molecular complexity index is 4500. The molecule has 0 aliphatic heterocycles. The molecule has 0 unspecified atom stereocenters. The third-order valence-electron chi connectivity index (χ3n) is 15.0. The van der Waals surface area contributed by atoms with E-state index in [0.717, 1.165) is 56.6 Å². The first-order valence-corrected chi connectivity index (χ1v) is 30.1. The number of carbonyl (C=O) groups is 5. The molecule has 11 rings (SSSR count). The number of rotatable bonds is 20. The van der Waals surface area contributed by atoms with Gasteiger partial charge in [0, 0.05) is 63.4 Å². The number of nitrogens with zero attached hydrogens (tertiary/aromatic N) is 6. The summed E-state index contributed by atoms with van der Waals surface area (Å²) in [7, 11) is 1.23. The number of aryl methyl sites for hydroxylation is 2. The smallest absolute Gasteiger partial charge is 0.326 e. The number of aromatic nitrogens is 4. The first-order chi connectivity index (χ1) is 45.6. The average molecular weight is 1280 g/mol. The van der Waals surface area contributed by atoms with Crippen LogP contribution in [0.25, 0.3) is 67.9 Å². The molecule has 2 heterocycles. The highest BCUT2D eigenvalue weighted by molar-refractivity contribution is 5.98. The molecule has 11 aromatic rings. The van der Waals surface area contributed by atoms with Gasteiger partial charge in [0.25, 0.3) is 23.6 Å². The second-order valence-corrected chi connectivity index (χ2v) is 23.4. The average Bonchev–Trinajstić information content (AvgIpc) is 1.87. The molecule has 3 amide bonds. The standard InChI is InChI=1S/C40H32F2N4O6.C35H34N4O4/c1-24-3-7-26(8-4-24)27-11-13-29(14-12-27)39-44-38(45-52-39)28-9-5-25(6-10-28)22-46(23-36(48)49)40(50)30-15-17-31(18-16-30)43-35(47)21-32-33(41)19-20-34(51-2)37(32)42;1-23-5-9-25(10-6-23)26-13-15-28(16-14-26)33-37-32(38-43-33)27-11-7-24(8-12-27)21-39(22-31(40)42-35(2,3)4)34(41)29-17-19-30(36)20-18-29/h3-20H,21-23H2,1-2H3,(H,43,47)(H,48,49);5-20H,21-22,36H2,1-4H3. The Hall–Kier alpha value is -11.9. The van der Waals surface area contributed by atoms with Crippen molar-refractivity contribution in [3.05, 3.63) is 257 Å². The summed E-state index contributed by atoms with van der Waals surface area (Å²) >= 11 is 0. The van der Waals surface area contributed by atoms with Gasteiger partial charge in [-0.25, -0.2) is 8.78 Å². The van der Waals surface area contributed by atoms with E-state index in [1.54, 1.807) is 69.3 Å². The van der Waals surface area contributed by atoms with Crippen LogP contribution in [0.4, 0.5) is 20.2 Å². The van der Waals surface area contributed by atoms with Crippen LogP contribution in [0, 0.1) is 25.5 Å². The van der Waals surface area contributed by atoms with Crippen LogP contribution in [-0.2, 0) is 38.6 Å². The number of esters is 1. The van der Waals surface area contributed by atoms with Crippen LogP contribution in [0.3, 0.4) is 0 Å². The van der Waals surface area contributed by atoms with Gasteiger partial charge in [0.2, 0.25) is 17.6 Å². The van der Waals surface area contributed by atoms with Crippen molar-refractivity contribution in [2.75, 3.05) is 31.2 Å². The van der Waals surface area contributed by atoms with Gasteiger partial charge in [0.15, 0.2) is 11.6 Å². The first-order valence-electron chi connectivity index (χ1n) is 30.1. The maximum Gasteiger partial charge on any atom is 0.326 e. The van der Waals surface area contributed by atoms with Gasteiger partial charge in [0.1, 0.15) is 24.5 Å². The van der Waals surface area contributed by atoms with Gasteiger partial charge in [-0.2, -0.15) is 9.97 Å². The Morgan fingerprint density at radius 1 is 0.526 bits per heavy atom. The molecule has 0 aliphatic rings. The molecule has 0 radical (unpaired) electrons. The highest BCUT2D eigenvalue weighted by Gasteiger charge is 2.25. The lowest BCUT2D eigenvalue weighted by Gasteiger charge is -2.25. The van der Waals surface area contributed by atoms with E-state index in [-0.39, 0.29) is 42.5 Å². The third kappa shape index (κ3) is 17.4. The fourth-order valence-electron chi connectivity index (χ4n) is 10.0. The van der Waals surface area contributed by atoms with Crippen LogP contribution in [0.1, 0.15) is 69.3 Å². The number of nitrogens with two attached hydrogens (primary N) is 1. The summed E-state index contributed by atoms with van der Waals surface area (Å²) in [5.41, 5.74) is 17.4. The Morgan fingerprint density at radius 2 is 0.926 bits per heavy atom. The molecular weight excluding hydrogens is 1210 g/mol. The summed E-state index contributed by atoms with van der Waals surface area (Å²) in [5, 5.41) is 20.4. The van der Waals surface area contributed by atoms with E-state index in [2.05, 4.69) is 81.1 Å². The van der Waals surface area contributed by atoms with E-state index in [9.17, 15) is 37.9 Å². The number of nitrogen functional groups attached to an aromatic ring is 1. The summed E-state index contributed by atoms with van der Waals surface area (Å²) in [5.74, 6) is -3.67. The van der Waals surface area contributed by atoms with Crippen molar-refractivity contribution in [1.29, 1.82) is 0 Å². The van der Waals surface area contributed by atoms with Gasteiger partial charge < -0.3 is 44.5 Å². The zero-order chi connectivity index (χ0) is 67.3. The minimum absolute atomic E-state index is 0.00755. The van der Waals surface area contributed by atoms with Crippen molar-refractivity contribution in [2.24, 2.45) is 0 Å². The van der Waals surface area contributed by atoms with Crippen molar-refractivity contribution in [3.63, 3.8) is 0 Å². The second-order valence-electron chi connectivity index (χ2n) is 23.4. The van der Waals surface area contributed by atoms with E-state index in [0.29, 0.717) is 45.8 Å². The molecule has 18 nitrogen and oxygen atoms in total. The predicted molar refractivity (Wildman–Crippen MR) is 356 cm³/mol. The molecule has 95 heavy (non-hydrogen) atoms. The lowest BCUT2D eigenvalue weighted by molar-refractivity contribution is -0.155. The number of hydrogen-bond donors (Lipinski definition) is 3. The Kier molecular flexibility index (Phi) is 20.5. The molecule has 2 aromatic heterocycles. The van der Waals surface area contributed by atoms with Gasteiger partial charge in [-0.15, -0.1) is 0 Å². The van der Waals surface area contributed by atoms with Crippen LogP contribution >= 0.6 is 0 Å². The van der Waals surface area contributed by atoms with Crippen molar-refractivity contribution in [3.8, 4) is 73.7 Å². The minimum Gasteiger partial charge on any atom is -0.494 e. The van der Waals surface area contributed by atoms with Crippen molar-refractivity contribution in [1.82, 2.24) is 30.1 Å². The summed E-state index contributed by atoms with van der Waals surface area (Å²) in [6.45, 7) is 8.92. The molecule has 0 atom stereocenters. The largest absolute Gasteiger partial charge is 0.494 e. The topological polar surface area (TPSA) is 246 Å². The lowest BCUT2D eigenvalue weighted by Crippen LogP contribution is -2.38. The van der Waals surface area contributed by atoms with Crippen LogP contribution in [-0.4, -0.2) is 90.6 Å². The molecule has 4 N–H and O–H groups in total. The van der Waals surface area contributed by atoms with Gasteiger partial charge in [-0.05, 0) is 153 Å². The second kappa shape index (κ2) is 29.6. The third-order valence-corrected chi connectivity index (χ3v) is 15.0. The van der Waals surface area contributed by atoms with Crippen LogP contribution < -0.4 is 15.8 Å². The molecule has 0 fully saturated rings. The van der Waals surface area contributed by atoms with Gasteiger partial charge in [-0.3, -0.25) is 24.0 Å². The number of methoxy groups -OCH3 is 1. The SMILES string of the molecule is COc1ccc(F)c(CC(=O)Nc2ccc(C(=O)N(CC(=O)O)Cc3ccc(-c4noc(-c5ccc(-c6ccc(C)cc6)cc5)n4)cc3)cc2)c1F.Cc1ccc(-c2ccc(-c3nc(-c4ccc(CN(CC(=O)OC(C)(C)C)C(=O)c5ccc(N)cc5)cc4)no3)cc2)cc1. The molecule has 0 saturated heterocycles. The lowest BCUT2D eigenvalue weighted by atomic mass is 10.0. The van der Waals surface area contributed by atoms with E-state index in [1.807, 2.05) is 79.7 Å². The van der Waals surface area contributed by atoms with Crippen molar-refractivity contribution < 1.29 is 56.4 Å². The number of ether oxygens (including phenoxy) is 2. The fourth-order valence-corrected chi connectivity index (χ4v) is 10.0. The first kappa shape index (κ1) is 66.0. The van der Waals surface area contributed by atoms with E-state index in [4.69, 9.17) is 24.3 Å². The van der Waals surface area contributed by atoms with Crippen molar-refractivity contribution in [2.45, 2.75) is 59.7 Å². The molecule has 9 aromatic carbocycles. The molecule has 20 heteroatoms. The monoisotopic (exact) mass is 1280 g/mol. The number of hydrogen-bond acceptors (Lipinski definition) is 14. The normalized spacial score (nSPS) is 11.0.